The Morgan fingerprint density at radius 1 is 1.00 bits per heavy atom. The molecule has 1 amide bonds. The second-order valence-electron chi connectivity index (χ2n) is 5.95. The fraction of sp³-hybridized carbons (Fsp3) is 0.765. The normalized spacial score (nSPS) is 10.6. The first-order valence-corrected chi connectivity index (χ1v) is 9.80. The Hall–Kier alpha value is 0.355. The minimum Gasteiger partial charge on any atom is -0.377 e. The zero-order chi connectivity index (χ0) is 20.5. The minimum atomic E-state index is 0. The second kappa shape index (κ2) is 20.3. The van der Waals surface area contributed by atoms with Gasteiger partial charge in [-0.25, -0.2) is 0 Å². The molecular weight excluding hydrogens is 473 g/mol. The summed E-state index contributed by atoms with van der Waals surface area (Å²) in [6.07, 6.45) is 2.93. The largest absolute Gasteiger partial charge is 1.00 e. The maximum Gasteiger partial charge on any atom is 1.00 e. The van der Waals surface area contributed by atoms with Crippen molar-refractivity contribution in [2.75, 3.05) is 59.8 Å². The van der Waals surface area contributed by atoms with E-state index in [-0.39, 0.29) is 69.6 Å². The Morgan fingerprint density at radius 2 is 1.59 bits per heavy atom. The van der Waals surface area contributed by atoms with Crippen molar-refractivity contribution in [3.05, 3.63) is 11.9 Å². The number of ether oxygens (including phenoxy) is 4. The second-order valence-corrected chi connectivity index (χ2v) is 6.59. The number of rotatable bonds is 18. The molecule has 0 bridgehead atoms. The summed E-state index contributed by atoms with van der Waals surface area (Å²) >= 11 is 0. The van der Waals surface area contributed by atoms with Crippen LogP contribution in [0.2, 0.25) is 0 Å². The summed E-state index contributed by atoms with van der Waals surface area (Å²) in [6.45, 7) is 4.18. The van der Waals surface area contributed by atoms with E-state index in [1.54, 1.807) is 18.1 Å². The summed E-state index contributed by atoms with van der Waals surface area (Å²) in [5.41, 5.74) is 0.727. The predicted octanol–water partition coefficient (Wildman–Crippen LogP) is -2.97. The molecule has 0 aliphatic rings. The van der Waals surface area contributed by atoms with E-state index in [4.69, 9.17) is 18.9 Å². The summed E-state index contributed by atoms with van der Waals surface area (Å²) < 4.78 is 21.6. The van der Waals surface area contributed by atoms with E-state index < -0.39 is 0 Å². The van der Waals surface area contributed by atoms with E-state index in [0.29, 0.717) is 84.4 Å². The van der Waals surface area contributed by atoms with Crippen LogP contribution >= 0.6 is 9.24 Å². The van der Waals surface area contributed by atoms with Crippen LogP contribution in [-0.2, 0) is 35.1 Å². The molecule has 0 fully saturated rings. The summed E-state index contributed by atoms with van der Waals surface area (Å²) in [6, 6.07) is 0. The summed E-state index contributed by atoms with van der Waals surface area (Å²) in [7, 11) is 3.85. The van der Waals surface area contributed by atoms with Gasteiger partial charge in [0.2, 0.25) is 5.91 Å². The molecule has 1 rings (SSSR count). The number of carbonyl (C=O) groups excluding carboxylic acids is 2. The van der Waals surface area contributed by atoms with E-state index in [1.165, 1.54) is 0 Å². The van der Waals surface area contributed by atoms with Crippen LogP contribution in [0.3, 0.4) is 0 Å². The van der Waals surface area contributed by atoms with Gasteiger partial charge in [-0.05, 0) is 12.1 Å². The van der Waals surface area contributed by atoms with Gasteiger partial charge in [0.15, 0.2) is 0 Å². The molecule has 1 heterocycles. The number of aromatic nitrogens is 3. The average molecular weight is 503 g/mol. The van der Waals surface area contributed by atoms with Crippen molar-refractivity contribution in [2.45, 2.75) is 25.9 Å². The predicted molar refractivity (Wildman–Crippen MR) is 104 cm³/mol. The number of nitrogens with zero attached hydrogens (tertiary/aromatic N) is 4. The molecule has 0 saturated heterocycles. The molecular formula is C17H30N4O6PRb. The molecule has 1 aromatic heterocycles. The topological polar surface area (TPSA) is 114 Å². The molecule has 0 N–H and O–H groups in total. The van der Waals surface area contributed by atoms with E-state index in [9.17, 15) is 9.59 Å². The summed E-state index contributed by atoms with van der Waals surface area (Å²) in [5.74, 6) is 0.0200. The van der Waals surface area contributed by atoms with E-state index in [2.05, 4.69) is 24.7 Å². The summed E-state index contributed by atoms with van der Waals surface area (Å²) in [4.78, 5) is 24.2. The fourth-order valence-electron chi connectivity index (χ4n) is 2.04. The molecule has 0 aliphatic carbocycles. The van der Waals surface area contributed by atoms with Crippen LogP contribution in [-0.4, -0.2) is 86.5 Å². The molecule has 29 heavy (non-hydrogen) atoms. The molecule has 160 valence electrons. The number of carbonyl (C=O) groups is 2. The van der Waals surface area contributed by atoms with Gasteiger partial charge in [-0.3, -0.25) is 14.8 Å². The fourth-order valence-corrected chi connectivity index (χ4v) is 2.24. The zero-order valence-electron chi connectivity index (χ0n) is 17.4. The van der Waals surface area contributed by atoms with Crippen molar-refractivity contribution < 1.29 is 86.7 Å². The first kappa shape index (κ1) is 29.4. The van der Waals surface area contributed by atoms with E-state index in [0.717, 1.165) is 0 Å². The van der Waals surface area contributed by atoms with Crippen molar-refractivity contribution >= 4 is 20.7 Å². The first-order chi connectivity index (χ1) is 13.6. The molecule has 0 radical (unpaired) electrons. The Bertz CT molecular complexity index is 538. The Morgan fingerprint density at radius 3 is 2.14 bits per heavy atom. The third-order valence-corrected chi connectivity index (χ3v) is 3.90. The molecule has 0 aromatic carbocycles. The maximum atomic E-state index is 11.8. The smallest absolute Gasteiger partial charge is 0.377 e. The van der Waals surface area contributed by atoms with Crippen LogP contribution in [0, 0.1) is 0 Å². The standard InChI is InChI=1S/C17H30N4O6P.Rb/c1-21(16(22)3-2-4-17(23)28)5-6-24-7-8-25-9-10-26-11-12-27-14-15-13-18-20-19-15;/h13H,2-12,14,28H2,1H3;/q-1;+1. The van der Waals surface area contributed by atoms with Gasteiger partial charge in [0.05, 0.1) is 52.9 Å². The van der Waals surface area contributed by atoms with Crippen molar-refractivity contribution in [1.29, 1.82) is 0 Å². The van der Waals surface area contributed by atoms with Crippen molar-refractivity contribution in [3.8, 4) is 0 Å². The number of hydrogen-bond acceptors (Lipinski definition) is 8. The van der Waals surface area contributed by atoms with Gasteiger partial charge in [0.25, 0.3) is 0 Å². The van der Waals surface area contributed by atoms with Crippen molar-refractivity contribution in [1.82, 2.24) is 20.3 Å². The van der Waals surface area contributed by atoms with Gasteiger partial charge in [0.1, 0.15) is 5.52 Å². The van der Waals surface area contributed by atoms with Gasteiger partial charge in [-0.15, -0.1) is 0 Å². The van der Waals surface area contributed by atoms with Crippen molar-refractivity contribution in [3.63, 3.8) is 0 Å². The molecule has 0 saturated carbocycles. The van der Waals surface area contributed by atoms with Crippen LogP contribution in [0.4, 0.5) is 0 Å². The van der Waals surface area contributed by atoms with Crippen LogP contribution in [0.5, 0.6) is 0 Å². The van der Waals surface area contributed by atoms with Crippen LogP contribution in [0.1, 0.15) is 25.0 Å². The third-order valence-electron chi connectivity index (χ3n) is 3.61. The number of amides is 1. The monoisotopic (exact) mass is 502 g/mol. The van der Waals surface area contributed by atoms with Crippen molar-refractivity contribution in [2.24, 2.45) is 0 Å². The van der Waals surface area contributed by atoms with Gasteiger partial charge in [-0.2, -0.15) is 0 Å². The SMILES string of the molecule is CN(CCOCCOCCOCCOCc1c[n-]nn1)C(=O)CCCC(=O)P.[Rb+]. The van der Waals surface area contributed by atoms with Gasteiger partial charge in [-0.1, -0.05) is 15.4 Å². The Kier molecular flexibility index (Phi) is 20.5. The number of likely N-dealkylation sites (N-methyl/N-ethyl adjacent to an activating group) is 1. The zero-order valence-corrected chi connectivity index (χ0v) is 23.4. The number of hydrogen-bond donors (Lipinski definition) is 0. The maximum absolute atomic E-state index is 11.8. The third kappa shape index (κ3) is 17.7. The van der Waals surface area contributed by atoms with Gasteiger partial charge < -0.3 is 34.0 Å². The molecule has 10 nitrogen and oxygen atoms in total. The van der Waals surface area contributed by atoms with Gasteiger partial charge >= 0.3 is 58.2 Å². The Balaban J connectivity index is 0.00000784. The van der Waals surface area contributed by atoms with Crippen LogP contribution < -0.4 is 63.3 Å². The molecule has 0 aliphatic heterocycles. The van der Waals surface area contributed by atoms with E-state index >= 15 is 0 Å². The van der Waals surface area contributed by atoms with Gasteiger partial charge in [0, 0.05) is 26.4 Å². The summed E-state index contributed by atoms with van der Waals surface area (Å²) in [5, 5.41) is 10.8. The first-order valence-electron chi connectivity index (χ1n) is 9.22. The minimum absolute atomic E-state index is 0. The van der Waals surface area contributed by atoms with E-state index in [1.807, 2.05) is 0 Å². The molecule has 1 atom stereocenters. The molecule has 12 heteroatoms. The Labute approximate surface area is 223 Å². The molecule has 0 spiro atoms. The van der Waals surface area contributed by atoms with Crippen LogP contribution in [0.25, 0.3) is 0 Å². The quantitative estimate of drug-likeness (QED) is 0.153. The van der Waals surface area contributed by atoms with Crippen LogP contribution in [0.15, 0.2) is 6.20 Å². The molecule has 1 unspecified atom stereocenters. The molecule has 1 aromatic rings. The average Bonchev–Trinajstić information content (AvgIpc) is 3.18.